The topological polar surface area (TPSA) is 52.0 Å². The standard InChI is InChI=1S/C16H15FN2OS/c1-9-7-15(11(10(2)18)8-12(9)17)21-16-19-13-5-3-4-6-14(13)20-16/h3-8,10H,18H2,1-2H3. The van der Waals surface area contributed by atoms with E-state index in [1.165, 1.54) is 17.8 Å². The molecule has 1 heterocycles. The van der Waals surface area contributed by atoms with Gasteiger partial charge < -0.3 is 10.2 Å². The number of benzene rings is 2. The highest BCUT2D eigenvalue weighted by Crippen LogP contribution is 2.35. The molecule has 3 aromatic rings. The van der Waals surface area contributed by atoms with Gasteiger partial charge in [-0.2, -0.15) is 0 Å². The van der Waals surface area contributed by atoms with Crippen LogP contribution in [0, 0.1) is 12.7 Å². The SMILES string of the molecule is Cc1cc(Sc2nc3ccccc3o2)c(C(C)N)cc1F. The molecule has 0 aliphatic carbocycles. The molecular weight excluding hydrogens is 287 g/mol. The summed E-state index contributed by atoms with van der Waals surface area (Å²) in [7, 11) is 0. The highest BCUT2D eigenvalue weighted by atomic mass is 32.2. The van der Waals surface area contributed by atoms with Gasteiger partial charge in [-0.3, -0.25) is 0 Å². The predicted octanol–water partition coefficient (Wildman–Crippen LogP) is 4.45. The zero-order chi connectivity index (χ0) is 15.0. The van der Waals surface area contributed by atoms with Crippen molar-refractivity contribution < 1.29 is 8.81 Å². The second-order valence-corrected chi connectivity index (χ2v) is 5.97. The average Bonchev–Trinajstić information content (AvgIpc) is 2.84. The molecular formula is C16H15FN2OS. The molecule has 1 atom stereocenters. The fourth-order valence-corrected chi connectivity index (χ4v) is 3.17. The van der Waals surface area contributed by atoms with Crippen LogP contribution < -0.4 is 5.73 Å². The lowest BCUT2D eigenvalue weighted by molar-refractivity contribution is 0.489. The van der Waals surface area contributed by atoms with E-state index in [4.69, 9.17) is 10.2 Å². The summed E-state index contributed by atoms with van der Waals surface area (Å²) in [6.07, 6.45) is 0. The van der Waals surface area contributed by atoms with Gasteiger partial charge >= 0.3 is 0 Å². The Hall–Kier alpha value is -1.85. The number of fused-ring (bicyclic) bond motifs is 1. The minimum Gasteiger partial charge on any atom is -0.431 e. The first-order valence-corrected chi connectivity index (χ1v) is 7.45. The third-order valence-electron chi connectivity index (χ3n) is 3.25. The van der Waals surface area contributed by atoms with Crippen LogP contribution >= 0.6 is 11.8 Å². The summed E-state index contributed by atoms with van der Waals surface area (Å²) in [4.78, 5) is 5.29. The van der Waals surface area contributed by atoms with Gasteiger partial charge in [-0.15, -0.1) is 0 Å². The smallest absolute Gasteiger partial charge is 0.261 e. The summed E-state index contributed by atoms with van der Waals surface area (Å²) in [5.74, 6) is -0.246. The number of rotatable bonds is 3. The van der Waals surface area contributed by atoms with E-state index in [1.807, 2.05) is 31.2 Å². The van der Waals surface area contributed by atoms with Crippen molar-refractivity contribution in [2.45, 2.75) is 30.0 Å². The molecule has 0 fully saturated rings. The van der Waals surface area contributed by atoms with Crippen LogP contribution in [0.1, 0.15) is 24.1 Å². The maximum atomic E-state index is 13.7. The van der Waals surface area contributed by atoms with E-state index in [2.05, 4.69) is 4.98 Å². The zero-order valence-corrected chi connectivity index (χ0v) is 12.6. The Balaban J connectivity index is 2.02. The molecule has 0 saturated heterocycles. The van der Waals surface area contributed by atoms with Crippen LogP contribution in [0.25, 0.3) is 11.1 Å². The van der Waals surface area contributed by atoms with Crippen molar-refractivity contribution in [3.8, 4) is 0 Å². The Kier molecular flexibility index (Phi) is 3.69. The molecule has 3 nitrogen and oxygen atoms in total. The first-order chi connectivity index (χ1) is 10.0. The molecule has 108 valence electrons. The molecule has 1 aromatic heterocycles. The van der Waals surface area contributed by atoms with Crippen LogP contribution in [0.3, 0.4) is 0 Å². The monoisotopic (exact) mass is 302 g/mol. The number of aromatic nitrogens is 1. The van der Waals surface area contributed by atoms with Crippen LogP contribution in [0.15, 0.2) is 50.9 Å². The summed E-state index contributed by atoms with van der Waals surface area (Å²) in [6.45, 7) is 3.57. The molecule has 0 radical (unpaired) electrons. The van der Waals surface area contributed by atoms with E-state index < -0.39 is 0 Å². The van der Waals surface area contributed by atoms with E-state index >= 15 is 0 Å². The molecule has 3 rings (SSSR count). The Morgan fingerprint density at radius 1 is 1.29 bits per heavy atom. The van der Waals surface area contributed by atoms with Crippen molar-refractivity contribution in [1.82, 2.24) is 4.98 Å². The lowest BCUT2D eigenvalue weighted by Gasteiger charge is -2.12. The molecule has 21 heavy (non-hydrogen) atoms. The van der Waals surface area contributed by atoms with E-state index in [0.29, 0.717) is 10.8 Å². The van der Waals surface area contributed by atoms with Crippen molar-refractivity contribution in [1.29, 1.82) is 0 Å². The predicted molar refractivity (Wildman–Crippen MR) is 81.9 cm³/mol. The van der Waals surface area contributed by atoms with E-state index in [0.717, 1.165) is 21.6 Å². The number of nitrogens with zero attached hydrogens (tertiary/aromatic N) is 1. The lowest BCUT2D eigenvalue weighted by atomic mass is 10.1. The molecule has 1 unspecified atom stereocenters. The van der Waals surface area contributed by atoms with E-state index in [1.54, 1.807) is 13.0 Å². The number of hydrogen-bond donors (Lipinski definition) is 1. The highest BCUT2D eigenvalue weighted by molar-refractivity contribution is 7.99. The van der Waals surface area contributed by atoms with Gasteiger partial charge in [-0.05, 0) is 61.0 Å². The maximum absolute atomic E-state index is 13.7. The first-order valence-electron chi connectivity index (χ1n) is 6.63. The number of halogens is 1. The number of oxazole rings is 1. The minimum atomic E-state index is -0.257. The van der Waals surface area contributed by atoms with Gasteiger partial charge in [0, 0.05) is 10.9 Å². The van der Waals surface area contributed by atoms with E-state index in [-0.39, 0.29) is 11.9 Å². The summed E-state index contributed by atoms with van der Waals surface area (Å²) in [5.41, 5.74) is 8.81. The second kappa shape index (κ2) is 5.50. The van der Waals surface area contributed by atoms with Gasteiger partial charge in [0.2, 0.25) is 0 Å². The van der Waals surface area contributed by atoms with Gasteiger partial charge in [0.15, 0.2) is 5.58 Å². The largest absolute Gasteiger partial charge is 0.431 e. The van der Waals surface area contributed by atoms with Crippen LogP contribution in [-0.4, -0.2) is 4.98 Å². The molecule has 0 bridgehead atoms. The Morgan fingerprint density at radius 3 is 2.76 bits per heavy atom. The third kappa shape index (κ3) is 2.80. The molecule has 0 spiro atoms. The molecule has 5 heteroatoms. The summed E-state index contributed by atoms with van der Waals surface area (Å²) < 4.78 is 19.4. The number of para-hydroxylation sites is 2. The lowest BCUT2D eigenvalue weighted by Crippen LogP contribution is -2.07. The quantitative estimate of drug-likeness (QED) is 0.776. The molecule has 2 N–H and O–H groups in total. The van der Waals surface area contributed by atoms with Crippen LogP contribution in [0.5, 0.6) is 0 Å². The van der Waals surface area contributed by atoms with Gasteiger partial charge in [0.25, 0.3) is 5.22 Å². The number of nitrogens with two attached hydrogens (primary N) is 1. The normalized spacial score (nSPS) is 12.8. The summed E-state index contributed by atoms with van der Waals surface area (Å²) in [5, 5.41) is 0.532. The fraction of sp³-hybridized carbons (Fsp3) is 0.188. The molecule has 2 aromatic carbocycles. The fourth-order valence-electron chi connectivity index (χ4n) is 2.10. The van der Waals surface area contributed by atoms with Crippen LogP contribution in [-0.2, 0) is 0 Å². The average molecular weight is 302 g/mol. The van der Waals surface area contributed by atoms with Crippen LogP contribution in [0.4, 0.5) is 4.39 Å². The first kappa shape index (κ1) is 14.1. The Morgan fingerprint density at radius 2 is 2.05 bits per heavy atom. The Labute approximate surface area is 126 Å². The molecule has 0 amide bonds. The maximum Gasteiger partial charge on any atom is 0.261 e. The van der Waals surface area contributed by atoms with Gasteiger partial charge in [-0.25, -0.2) is 9.37 Å². The minimum absolute atomic E-state index is 0.246. The van der Waals surface area contributed by atoms with Gasteiger partial charge in [0.05, 0.1) is 0 Å². The number of aryl methyl sites for hydroxylation is 1. The molecule has 0 saturated carbocycles. The van der Waals surface area contributed by atoms with Gasteiger partial charge in [-0.1, -0.05) is 12.1 Å². The molecule has 0 aliphatic rings. The molecule has 0 aliphatic heterocycles. The van der Waals surface area contributed by atoms with E-state index in [9.17, 15) is 4.39 Å². The second-order valence-electron chi connectivity index (χ2n) is 4.98. The van der Waals surface area contributed by atoms with Crippen molar-refractivity contribution in [2.24, 2.45) is 5.73 Å². The highest BCUT2D eigenvalue weighted by Gasteiger charge is 2.15. The van der Waals surface area contributed by atoms with Crippen LogP contribution in [0.2, 0.25) is 0 Å². The van der Waals surface area contributed by atoms with Gasteiger partial charge in [0.1, 0.15) is 11.3 Å². The Bertz CT molecular complexity index is 765. The third-order valence-corrected chi connectivity index (χ3v) is 4.18. The zero-order valence-electron chi connectivity index (χ0n) is 11.8. The summed E-state index contributed by atoms with van der Waals surface area (Å²) >= 11 is 1.37. The van der Waals surface area contributed by atoms with Crippen molar-refractivity contribution >= 4 is 22.9 Å². The van der Waals surface area contributed by atoms with Crippen molar-refractivity contribution in [3.63, 3.8) is 0 Å². The van der Waals surface area contributed by atoms with Crippen molar-refractivity contribution in [2.75, 3.05) is 0 Å². The number of hydrogen-bond acceptors (Lipinski definition) is 4. The van der Waals surface area contributed by atoms with Crippen molar-refractivity contribution in [3.05, 3.63) is 53.3 Å². The summed E-state index contributed by atoms with van der Waals surface area (Å²) in [6, 6.07) is 10.6.